The molecule has 140 valence electrons. The summed E-state index contributed by atoms with van der Waals surface area (Å²) in [6.07, 6.45) is 3.87. The number of carbonyl (C=O) groups excluding carboxylic acids is 1. The highest BCUT2D eigenvalue weighted by Crippen LogP contribution is 2.30. The minimum absolute atomic E-state index is 0.114. The molecule has 26 heavy (non-hydrogen) atoms. The molecular formula is C21H26O5. The SMILES string of the molecule is CCCCOc1ccc(C(=O)c2ccc(OCCCC)cc2O)c(O)c1. The van der Waals surface area contributed by atoms with Crippen LogP contribution < -0.4 is 9.47 Å². The smallest absolute Gasteiger partial charge is 0.200 e. The molecule has 2 aromatic carbocycles. The highest BCUT2D eigenvalue weighted by molar-refractivity contribution is 6.12. The monoisotopic (exact) mass is 358 g/mol. The van der Waals surface area contributed by atoms with Crippen LogP contribution in [0.1, 0.15) is 55.5 Å². The van der Waals surface area contributed by atoms with Gasteiger partial charge in [-0.2, -0.15) is 0 Å². The number of phenolic OH excluding ortho intramolecular Hbond substituents is 2. The molecule has 2 N–H and O–H groups in total. The lowest BCUT2D eigenvalue weighted by molar-refractivity contribution is 0.103. The fraction of sp³-hybridized carbons (Fsp3) is 0.381. The van der Waals surface area contributed by atoms with Crippen LogP contribution >= 0.6 is 0 Å². The summed E-state index contributed by atoms with van der Waals surface area (Å²) in [5.41, 5.74) is 0.227. The standard InChI is InChI=1S/C21H26O5/c1-3-5-11-25-15-7-9-17(19(22)13-15)21(24)18-10-8-16(14-20(18)23)26-12-6-4-2/h7-10,13-14,22-23H,3-6,11-12H2,1-2H3. The number of benzene rings is 2. The normalized spacial score (nSPS) is 10.5. The Labute approximate surface area is 154 Å². The minimum atomic E-state index is -0.458. The Morgan fingerprint density at radius 2 is 1.23 bits per heavy atom. The molecule has 0 saturated carbocycles. The maximum absolute atomic E-state index is 12.6. The molecule has 0 unspecified atom stereocenters. The summed E-state index contributed by atoms with van der Waals surface area (Å²) in [4.78, 5) is 12.6. The van der Waals surface area contributed by atoms with E-state index in [1.165, 1.54) is 24.3 Å². The molecule has 0 radical (unpaired) electrons. The Balaban J connectivity index is 2.12. The van der Waals surface area contributed by atoms with Gasteiger partial charge in [-0.25, -0.2) is 0 Å². The van der Waals surface area contributed by atoms with Gasteiger partial charge in [0.2, 0.25) is 0 Å². The number of unbranched alkanes of at least 4 members (excludes halogenated alkanes) is 2. The molecule has 0 bridgehead atoms. The van der Waals surface area contributed by atoms with E-state index in [0.717, 1.165) is 25.7 Å². The first-order chi connectivity index (χ1) is 12.6. The quantitative estimate of drug-likeness (QED) is 0.476. The zero-order chi connectivity index (χ0) is 18.9. The first-order valence-electron chi connectivity index (χ1n) is 9.03. The van der Waals surface area contributed by atoms with Crippen molar-refractivity contribution in [2.45, 2.75) is 39.5 Å². The van der Waals surface area contributed by atoms with E-state index in [2.05, 4.69) is 13.8 Å². The van der Waals surface area contributed by atoms with Crippen LogP contribution in [0.2, 0.25) is 0 Å². The topological polar surface area (TPSA) is 76.0 Å². The summed E-state index contributed by atoms with van der Waals surface area (Å²) in [6.45, 7) is 5.25. The molecule has 0 spiro atoms. The van der Waals surface area contributed by atoms with Gasteiger partial charge in [0.25, 0.3) is 0 Å². The van der Waals surface area contributed by atoms with E-state index in [0.29, 0.717) is 24.7 Å². The van der Waals surface area contributed by atoms with Gasteiger partial charge in [-0.15, -0.1) is 0 Å². The van der Waals surface area contributed by atoms with Crippen LogP contribution in [0.4, 0.5) is 0 Å². The van der Waals surface area contributed by atoms with Gasteiger partial charge >= 0.3 is 0 Å². The van der Waals surface area contributed by atoms with Crippen molar-refractivity contribution < 1.29 is 24.5 Å². The van der Waals surface area contributed by atoms with Crippen LogP contribution in [0.3, 0.4) is 0 Å². The third-order valence-corrected chi connectivity index (χ3v) is 3.96. The number of hydrogen-bond donors (Lipinski definition) is 2. The number of hydrogen-bond acceptors (Lipinski definition) is 5. The highest BCUT2D eigenvalue weighted by Gasteiger charge is 2.18. The summed E-state index contributed by atoms with van der Waals surface area (Å²) in [5, 5.41) is 20.3. The van der Waals surface area contributed by atoms with Gasteiger partial charge in [0.05, 0.1) is 24.3 Å². The average Bonchev–Trinajstić information content (AvgIpc) is 2.62. The Morgan fingerprint density at radius 1 is 0.808 bits per heavy atom. The average molecular weight is 358 g/mol. The van der Waals surface area contributed by atoms with Crippen LogP contribution in [-0.2, 0) is 0 Å². The van der Waals surface area contributed by atoms with Gasteiger partial charge in [0, 0.05) is 12.1 Å². The molecule has 0 aliphatic rings. The Morgan fingerprint density at radius 3 is 1.58 bits per heavy atom. The molecule has 0 fully saturated rings. The molecule has 2 aromatic rings. The number of ketones is 1. The van der Waals surface area contributed by atoms with Crippen LogP contribution in [-0.4, -0.2) is 29.2 Å². The van der Waals surface area contributed by atoms with Crippen molar-refractivity contribution in [3.05, 3.63) is 47.5 Å². The highest BCUT2D eigenvalue weighted by atomic mass is 16.5. The maximum atomic E-state index is 12.6. The van der Waals surface area contributed by atoms with Crippen molar-refractivity contribution in [2.75, 3.05) is 13.2 Å². The van der Waals surface area contributed by atoms with Crippen molar-refractivity contribution in [3.63, 3.8) is 0 Å². The van der Waals surface area contributed by atoms with Crippen molar-refractivity contribution in [3.8, 4) is 23.0 Å². The summed E-state index contributed by atoms with van der Waals surface area (Å²) in [7, 11) is 0. The second-order valence-electron chi connectivity index (χ2n) is 6.09. The van der Waals surface area contributed by atoms with Crippen molar-refractivity contribution in [1.29, 1.82) is 0 Å². The van der Waals surface area contributed by atoms with E-state index in [9.17, 15) is 15.0 Å². The number of carbonyl (C=O) groups is 1. The first-order valence-corrected chi connectivity index (χ1v) is 9.03. The Kier molecular flexibility index (Phi) is 7.33. The zero-order valence-corrected chi connectivity index (χ0v) is 15.3. The Bertz CT molecular complexity index is 678. The van der Waals surface area contributed by atoms with Gasteiger partial charge in [-0.1, -0.05) is 26.7 Å². The van der Waals surface area contributed by atoms with Crippen molar-refractivity contribution in [1.82, 2.24) is 0 Å². The molecule has 0 aliphatic heterocycles. The lowest BCUT2D eigenvalue weighted by Crippen LogP contribution is -2.04. The third kappa shape index (κ3) is 5.15. The minimum Gasteiger partial charge on any atom is -0.507 e. The van der Waals surface area contributed by atoms with Gasteiger partial charge in [0.1, 0.15) is 23.0 Å². The molecule has 2 rings (SSSR count). The van der Waals surface area contributed by atoms with Gasteiger partial charge in [-0.3, -0.25) is 4.79 Å². The van der Waals surface area contributed by atoms with E-state index in [-0.39, 0.29) is 22.6 Å². The second kappa shape index (κ2) is 9.70. The third-order valence-electron chi connectivity index (χ3n) is 3.96. The fourth-order valence-corrected chi connectivity index (χ4v) is 2.40. The molecular weight excluding hydrogens is 332 g/mol. The fourth-order valence-electron chi connectivity index (χ4n) is 2.40. The molecule has 5 nitrogen and oxygen atoms in total. The van der Waals surface area contributed by atoms with Gasteiger partial charge in [0.15, 0.2) is 5.78 Å². The van der Waals surface area contributed by atoms with E-state index in [1.807, 2.05) is 0 Å². The first kappa shape index (κ1) is 19.6. The zero-order valence-electron chi connectivity index (χ0n) is 15.3. The molecule has 0 aliphatic carbocycles. The summed E-state index contributed by atoms with van der Waals surface area (Å²) in [6, 6.07) is 9.13. The number of aromatic hydroxyl groups is 2. The van der Waals surface area contributed by atoms with Crippen LogP contribution in [0, 0.1) is 0 Å². The summed E-state index contributed by atoms with van der Waals surface area (Å²) < 4.78 is 11.0. The van der Waals surface area contributed by atoms with Crippen LogP contribution in [0.5, 0.6) is 23.0 Å². The van der Waals surface area contributed by atoms with E-state index < -0.39 is 5.78 Å². The number of ether oxygens (including phenoxy) is 2. The van der Waals surface area contributed by atoms with Crippen molar-refractivity contribution in [2.24, 2.45) is 0 Å². The lowest BCUT2D eigenvalue weighted by Gasteiger charge is -2.11. The van der Waals surface area contributed by atoms with Gasteiger partial charge < -0.3 is 19.7 Å². The second-order valence-corrected chi connectivity index (χ2v) is 6.09. The van der Waals surface area contributed by atoms with Crippen LogP contribution in [0.15, 0.2) is 36.4 Å². The lowest BCUT2D eigenvalue weighted by atomic mass is 10.0. The Hall–Kier alpha value is -2.69. The summed E-state index contributed by atoms with van der Waals surface area (Å²) >= 11 is 0. The van der Waals surface area contributed by atoms with E-state index in [4.69, 9.17) is 9.47 Å². The molecule has 0 saturated heterocycles. The predicted octanol–water partition coefficient (Wildman–Crippen LogP) is 4.69. The molecule has 5 heteroatoms. The summed E-state index contributed by atoms with van der Waals surface area (Å²) in [5.74, 6) is 0.214. The number of rotatable bonds is 10. The molecule has 0 amide bonds. The molecule has 0 heterocycles. The molecule has 0 aromatic heterocycles. The molecule has 0 atom stereocenters. The van der Waals surface area contributed by atoms with E-state index >= 15 is 0 Å². The number of phenols is 2. The van der Waals surface area contributed by atoms with Crippen LogP contribution in [0.25, 0.3) is 0 Å². The van der Waals surface area contributed by atoms with Crippen molar-refractivity contribution >= 4 is 5.78 Å². The largest absolute Gasteiger partial charge is 0.507 e. The van der Waals surface area contributed by atoms with E-state index in [1.54, 1.807) is 12.1 Å². The van der Waals surface area contributed by atoms with Gasteiger partial charge in [-0.05, 0) is 37.1 Å². The maximum Gasteiger partial charge on any atom is 0.200 e. The predicted molar refractivity (Wildman–Crippen MR) is 100 cm³/mol.